The number of hydrogen-bond acceptors (Lipinski definition) is 5. The van der Waals surface area contributed by atoms with Crippen molar-refractivity contribution in [3.8, 4) is 0 Å². The molecule has 0 aliphatic carbocycles. The highest BCUT2D eigenvalue weighted by molar-refractivity contribution is 5.88. The SMILES string of the molecule is COC(=O)C[C@@]1(C(=O)OC)CO1. The van der Waals surface area contributed by atoms with E-state index in [1.165, 1.54) is 14.2 Å². The second kappa shape index (κ2) is 3.10. The Labute approximate surface area is 69.6 Å². The minimum Gasteiger partial charge on any atom is -0.469 e. The molecule has 1 heterocycles. The molecule has 5 heteroatoms. The number of ether oxygens (including phenoxy) is 3. The number of methoxy groups -OCH3 is 2. The average molecular weight is 174 g/mol. The van der Waals surface area contributed by atoms with Crippen molar-refractivity contribution < 1.29 is 23.8 Å². The van der Waals surface area contributed by atoms with Crippen LogP contribution in [0.25, 0.3) is 0 Å². The summed E-state index contributed by atoms with van der Waals surface area (Å²) in [5.74, 6) is -0.995. The van der Waals surface area contributed by atoms with E-state index in [4.69, 9.17) is 4.74 Å². The van der Waals surface area contributed by atoms with Gasteiger partial charge in [-0.1, -0.05) is 0 Å². The standard InChI is InChI=1S/C7H10O5/c1-10-5(8)3-7(4-12-7)6(9)11-2/h3-4H2,1-2H3/t7-/m0/s1. The van der Waals surface area contributed by atoms with Crippen molar-refractivity contribution in [2.75, 3.05) is 20.8 Å². The normalized spacial score (nSPS) is 26.2. The monoisotopic (exact) mass is 174 g/mol. The average Bonchev–Trinajstić information content (AvgIpc) is 2.84. The third-order valence-electron chi connectivity index (χ3n) is 1.71. The van der Waals surface area contributed by atoms with Gasteiger partial charge in [-0.2, -0.15) is 0 Å². The molecule has 1 aliphatic rings. The first-order valence-electron chi connectivity index (χ1n) is 3.44. The van der Waals surface area contributed by atoms with Crippen molar-refractivity contribution in [2.24, 2.45) is 0 Å². The number of carbonyl (C=O) groups is 2. The van der Waals surface area contributed by atoms with E-state index in [9.17, 15) is 9.59 Å². The topological polar surface area (TPSA) is 65.1 Å². The van der Waals surface area contributed by atoms with Gasteiger partial charge in [0.15, 0.2) is 5.60 Å². The smallest absolute Gasteiger partial charge is 0.341 e. The van der Waals surface area contributed by atoms with Crippen LogP contribution in [0.2, 0.25) is 0 Å². The van der Waals surface area contributed by atoms with Crippen molar-refractivity contribution in [3.05, 3.63) is 0 Å². The van der Waals surface area contributed by atoms with E-state index in [0.29, 0.717) is 0 Å². The Balaban J connectivity index is 2.50. The van der Waals surface area contributed by atoms with E-state index in [1.54, 1.807) is 0 Å². The molecule has 12 heavy (non-hydrogen) atoms. The Kier molecular flexibility index (Phi) is 2.32. The van der Waals surface area contributed by atoms with Crippen LogP contribution in [-0.4, -0.2) is 38.4 Å². The molecule has 0 bridgehead atoms. The molecule has 1 aliphatic heterocycles. The molecule has 1 atom stereocenters. The van der Waals surface area contributed by atoms with Gasteiger partial charge in [0.1, 0.15) is 0 Å². The predicted molar refractivity (Wildman–Crippen MR) is 37.3 cm³/mol. The molecule has 0 amide bonds. The van der Waals surface area contributed by atoms with Gasteiger partial charge in [-0.3, -0.25) is 4.79 Å². The van der Waals surface area contributed by atoms with Crippen LogP contribution in [0.5, 0.6) is 0 Å². The van der Waals surface area contributed by atoms with Gasteiger partial charge in [0.05, 0.1) is 27.2 Å². The lowest BCUT2D eigenvalue weighted by Crippen LogP contribution is -2.29. The summed E-state index contributed by atoms with van der Waals surface area (Å²) in [6.45, 7) is 0.231. The molecule has 1 saturated heterocycles. The summed E-state index contributed by atoms with van der Waals surface area (Å²) in [6, 6.07) is 0. The van der Waals surface area contributed by atoms with Gasteiger partial charge in [-0.25, -0.2) is 4.79 Å². The Bertz CT molecular complexity index is 206. The van der Waals surface area contributed by atoms with E-state index in [1.807, 2.05) is 0 Å². The molecule has 0 spiro atoms. The minimum atomic E-state index is -1.05. The van der Waals surface area contributed by atoms with Gasteiger partial charge < -0.3 is 14.2 Å². The van der Waals surface area contributed by atoms with Crippen molar-refractivity contribution in [2.45, 2.75) is 12.0 Å². The van der Waals surface area contributed by atoms with Crippen LogP contribution in [0.15, 0.2) is 0 Å². The molecular formula is C7H10O5. The van der Waals surface area contributed by atoms with Crippen LogP contribution in [0.4, 0.5) is 0 Å². The number of epoxide rings is 1. The Morgan fingerprint density at radius 3 is 2.33 bits per heavy atom. The van der Waals surface area contributed by atoms with E-state index in [2.05, 4.69) is 9.47 Å². The fourth-order valence-corrected chi connectivity index (χ4v) is 0.871. The maximum absolute atomic E-state index is 11.0. The van der Waals surface area contributed by atoms with Gasteiger partial charge in [0.25, 0.3) is 0 Å². The molecule has 0 N–H and O–H groups in total. The van der Waals surface area contributed by atoms with E-state index >= 15 is 0 Å². The van der Waals surface area contributed by atoms with Crippen LogP contribution in [-0.2, 0) is 23.8 Å². The molecule has 0 aromatic carbocycles. The molecule has 68 valence electrons. The number of carbonyl (C=O) groups excluding carboxylic acids is 2. The number of esters is 2. The van der Waals surface area contributed by atoms with Gasteiger partial charge in [0.2, 0.25) is 0 Å². The predicted octanol–water partition coefficient (Wildman–Crippen LogP) is -0.509. The highest BCUT2D eigenvalue weighted by Gasteiger charge is 2.55. The Morgan fingerprint density at radius 2 is 2.00 bits per heavy atom. The summed E-state index contributed by atoms with van der Waals surface area (Å²) >= 11 is 0. The summed E-state index contributed by atoms with van der Waals surface area (Å²) in [4.78, 5) is 21.8. The number of rotatable bonds is 3. The Morgan fingerprint density at radius 1 is 1.42 bits per heavy atom. The van der Waals surface area contributed by atoms with Gasteiger partial charge >= 0.3 is 11.9 Å². The lowest BCUT2D eigenvalue weighted by molar-refractivity contribution is -0.153. The molecule has 0 unspecified atom stereocenters. The largest absolute Gasteiger partial charge is 0.469 e. The highest BCUT2D eigenvalue weighted by atomic mass is 16.6. The fourth-order valence-electron chi connectivity index (χ4n) is 0.871. The fraction of sp³-hybridized carbons (Fsp3) is 0.714. The zero-order chi connectivity index (χ0) is 9.19. The second-order valence-electron chi connectivity index (χ2n) is 2.53. The third-order valence-corrected chi connectivity index (χ3v) is 1.71. The first kappa shape index (κ1) is 8.99. The van der Waals surface area contributed by atoms with E-state index in [0.717, 1.165) is 0 Å². The van der Waals surface area contributed by atoms with Crippen molar-refractivity contribution in [1.29, 1.82) is 0 Å². The van der Waals surface area contributed by atoms with Gasteiger partial charge in [0, 0.05) is 0 Å². The molecule has 0 radical (unpaired) electrons. The zero-order valence-corrected chi connectivity index (χ0v) is 6.96. The first-order chi connectivity index (χ1) is 5.64. The first-order valence-corrected chi connectivity index (χ1v) is 3.44. The molecule has 5 nitrogen and oxygen atoms in total. The quantitative estimate of drug-likeness (QED) is 0.426. The van der Waals surface area contributed by atoms with Gasteiger partial charge in [-0.15, -0.1) is 0 Å². The highest BCUT2D eigenvalue weighted by Crippen LogP contribution is 2.32. The molecular weight excluding hydrogens is 164 g/mol. The lowest BCUT2D eigenvalue weighted by Gasteiger charge is -2.06. The maximum atomic E-state index is 11.0. The van der Waals surface area contributed by atoms with Crippen LogP contribution in [0.3, 0.4) is 0 Å². The van der Waals surface area contributed by atoms with E-state index in [-0.39, 0.29) is 13.0 Å². The summed E-state index contributed by atoms with van der Waals surface area (Å²) < 4.78 is 13.7. The van der Waals surface area contributed by atoms with Crippen LogP contribution in [0, 0.1) is 0 Å². The minimum absolute atomic E-state index is 0.0732. The third kappa shape index (κ3) is 1.55. The van der Waals surface area contributed by atoms with Crippen molar-refractivity contribution in [1.82, 2.24) is 0 Å². The van der Waals surface area contributed by atoms with Crippen LogP contribution < -0.4 is 0 Å². The molecule has 0 aromatic heterocycles. The number of hydrogen-bond donors (Lipinski definition) is 0. The summed E-state index contributed by atoms with van der Waals surface area (Å²) in [5.41, 5.74) is -1.05. The van der Waals surface area contributed by atoms with Gasteiger partial charge in [-0.05, 0) is 0 Å². The lowest BCUT2D eigenvalue weighted by atomic mass is 10.1. The molecule has 1 rings (SSSR count). The summed E-state index contributed by atoms with van der Waals surface area (Å²) in [6.07, 6.45) is -0.0732. The van der Waals surface area contributed by atoms with Crippen LogP contribution >= 0.6 is 0 Å². The molecule has 1 fully saturated rings. The second-order valence-corrected chi connectivity index (χ2v) is 2.53. The van der Waals surface area contributed by atoms with Crippen LogP contribution in [0.1, 0.15) is 6.42 Å². The maximum Gasteiger partial charge on any atom is 0.341 e. The summed E-state index contributed by atoms with van der Waals surface area (Å²) in [5, 5.41) is 0. The molecule has 0 aromatic rings. The van der Waals surface area contributed by atoms with Crippen molar-refractivity contribution in [3.63, 3.8) is 0 Å². The van der Waals surface area contributed by atoms with Crippen molar-refractivity contribution >= 4 is 11.9 Å². The molecule has 0 saturated carbocycles. The van der Waals surface area contributed by atoms with E-state index < -0.39 is 17.5 Å². The Hall–Kier alpha value is -1.10. The zero-order valence-electron chi connectivity index (χ0n) is 6.96. The summed E-state index contributed by atoms with van der Waals surface area (Å²) in [7, 11) is 2.51.